The van der Waals surface area contributed by atoms with Crippen molar-refractivity contribution >= 4 is 33.6 Å². The van der Waals surface area contributed by atoms with Crippen LogP contribution < -0.4 is 9.64 Å². The van der Waals surface area contributed by atoms with Crippen LogP contribution in [0.15, 0.2) is 18.5 Å². The van der Waals surface area contributed by atoms with Crippen LogP contribution in [0.4, 0.5) is 14.6 Å². The maximum absolute atomic E-state index is 17.0. The van der Waals surface area contributed by atoms with E-state index in [9.17, 15) is 9.18 Å². The molecule has 3 saturated heterocycles. The summed E-state index contributed by atoms with van der Waals surface area (Å²) in [5, 5.41) is 8.56. The van der Waals surface area contributed by atoms with Crippen molar-refractivity contribution in [2.24, 2.45) is 0 Å². The molecular formula is C34H39F2N7O3. The number of carbonyl (C=O) groups excluding carboxylic acids is 1. The number of rotatable bonds is 3. The number of piperidine rings is 1. The van der Waals surface area contributed by atoms with E-state index < -0.39 is 17.5 Å². The Morgan fingerprint density at radius 2 is 1.98 bits per heavy atom. The van der Waals surface area contributed by atoms with Crippen LogP contribution in [0.2, 0.25) is 0 Å². The highest BCUT2D eigenvalue weighted by Crippen LogP contribution is 2.42. The number of fused-ring (bicyclic) bond motifs is 9. The van der Waals surface area contributed by atoms with E-state index in [1.807, 2.05) is 17.9 Å². The zero-order valence-electron chi connectivity index (χ0n) is 26.2. The molecule has 0 unspecified atom stereocenters. The Kier molecular flexibility index (Phi) is 7.50. The maximum Gasteiger partial charge on any atom is 0.319 e. The molecule has 1 aromatic carbocycles. The Hall–Kier alpha value is -3.93. The van der Waals surface area contributed by atoms with Gasteiger partial charge in [0.25, 0.3) is 0 Å². The van der Waals surface area contributed by atoms with Gasteiger partial charge in [0.15, 0.2) is 5.82 Å². The van der Waals surface area contributed by atoms with Gasteiger partial charge in [-0.15, -0.1) is 0 Å². The fourth-order valence-electron chi connectivity index (χ4n) is 8.23. The number of anilines is 1. The van der Waals surface area contributed by atoms with Crippen molar-refractivity contribution in [2.75, 3.05) is 37.7 Å². The highest BCUT2D eigenvalue weighted by Gasteiger charge is 2.49. The Morgan fingerprint density at radius 1 is 1.09 bits per heavy atom. The number of alkyl halides is 1. The number of aryl methyl sites for hydroxylation is 1. The van der Waals surface area contributed by atoms with Crippen LogP contribution in [0, 0.1) is 12.7 Å². The van der Waals surface area contributed by atoms with Gasteiger partial charge in [-0.3, -0.25) is 19.8 Å². The summed E-state index contributed by atoms with van der Waals surface area (Å²) in [4.78, 5) is 31.3. The molecule has 3 atom stereocenters. The van der Waals surface area contributed by atoms with E-state index in [1.54, 1.807) is 12.4 Å². The number of aromatic amines is 1. The average molecular weight is 632 g/mol. The monoisotopic (exact) mass is 631 g/mol. The van der Waals surface area contributed by atoms with Crippen molar-refractivity contribution in [2.45, 2.75) is 88.9 Å². The summed E-state index contributed by atoms with van der Waals surface area (Å²) >= 11 is 0. The third-order valence-electron chi connectivity index (χ3n) is 10.5. The molecule has 1 N–H and O–H groups in total. The van der Waals surface area contributed by atoms with Crippen molar-refractivity contribution in [1.82, 2.24) is 30.0 Å². The van der Waals surface area contributed by atoms with Crippen molar-refractivity contribution in [1.29, 1.82) is 0 Å². The van der Waals surface area contributed by atoms with Gasteiger partial charge in [0.05, 0.1) is 29.2 Å². The molecule has 3 aromatic heterocycles. The number of nitrogens with zero attached hydrogens (tertiary/aromatic N) is 6. The van der Waals surface area contributed by atoms with Gasteiger partial charge in [0.1, 0.15) is 35.9 Å². The minimum Gasteiger partial charge on any atom is -0.461 e. The van der Waals surface area contributed by atoms with Crippen LogP contribution in [0.25, 0.3) is 33.1 Å². The molecule has 0 aliphatic carbocycles. The van der Waals surface area contributed by atoms with E-state index in [0.29, 0.717) is 55.7 Å². The van der Waals surface area contributed by atoms with Crippen molar-refractivity contribution in [3.8, 4) is 17.3 Å². The second kappa shape index (κ2) is 11.7. The van der Waals surface area contributed by atoms with E-state index in [2.05, 4.69) is 20.1 Å². The van der Waals surface area contributed by atoms with Crippen LogP contribution in [0.1, 0.15) is 68.9 Å². The molecule has 10 nitrogen and oxygen atoms in total. The van der Waals surface area contributed by atoms with Crippen LogP contribution in [0.5, 0.6) is 6.01 Å². The molecule has 0 spiro atoms. The second-order valence-corrected chi connectivity index (χ2v) is 13.5. The van der Waals surface area contributed by atoms with Gasteiger partial charge in [-0.05, 0) is 75.6 Å². The summed E-state index contributed by atoms with van der Waals surface area (Å²) in [7, 11) is 0. The SMILES string of the molecule is Cc1cc2[nH]ncc2c2c1CCCCCC(=O)O[C@@H]1CCCN(C1)c1nc(OC[C@@]34CCCN3C[C@H](F)C4)nc3c(F)c-2ncc13. The number of esters is 1. The first-order valence-electron chi connectivity index (χ1n) is 16.7. The van der Waals surface area contributed by atoms with E-state index in [-0.39, 0.29) is 35.9 Å². The summed E-state index contributed by atoms with van der Waals surface area (Å²) in [5.41, 5.74) is 3.45. The lowest BCUT2D eigenvalue weighted by Crippen LogP contribution is -2.43. The quantitative estimate of drug-likeness (QED) is 0.289. The largest absolute Gasteiger partial charge is 0.461 e. The Bertz CT molecular complexity index is 1810. The molecule has 5 aliphatic heterocycles. The highest BCUT2D eigenvalue weighted by molar-refractivity contribution is 5.99. The number of ether oxygens (including phenoxy) is 2. The zero-order valence-corrected chi connectivity index (χ0v) is 26.2. The van der Waals surface area contributed by atoms with Crippen LogP contribution in [-0.2, 0) is 16.0 Å². The van der Waals surface area contributed by atoms with E-state index >= 15 is 4.39 Å². The van der Waals surface area contributed by atoms with E-state index in [4.69, 9.17) is 19.4 Å². The molecule has 46 heavy (non-hydrogen) atoms. The minimum absolute atomic E-state index is 0.0528. The number of nitrogens with one attached hydrogen (secondary N) is 1. The predicted octanol–water partition coefficient (Wildman–Crippen LogP) is 5.60. The molecule has 4 aromatic rings. The van der Waals surface area contributed by atoms with Gasteiger partial charge in [-0.2, -0.15) is 15.1 Å². The number of H-pyrrole nitrogens is 1. The topological polar surface area (TPSA) is 109 Å². The molecule has 242 valence electrons. The second-order valence-electron chi connectivity index (χ2n) is 13.5. The van der Waals surface area contributed by atoms with Gasteiger partial charge in [0, 0.05) is 43.1 Å². The summed E-state index contributed by atoms with van der Waals surface area (Å²) in [5.74, 6) is -0.240. The maximum atomic E-state index is 17.0. The first-order chi connectivity index (χ1) is 22.4. The standard InChI is InChI=1S/C34H39F2N7O3/c1-20-13-26-24(16-38-41-26)28-23(20)8-3-2-4-9-27(44)46-22-7-5-11-42(18-22)32-25-15-37-31(28)29(36)30(25)39-33(40-32)45-19-34-10-6-12-43(34)17-21(35)14-34/h13,15-16,21-22H,2-12,14,17-19H2,1H3,(H,38,41)/t21-,22-,34+/m1/s1. The molecule has 9 rings (SSSR count). The number of halogens is 2. The Labute approximate surface area is 265 Å². The molecule has 6 bridgehead atoms. The zero-order chi connectivity index (χ0) is 31.4. The average Bonchev–Trinajstić information content (AvgIpc) is 3.74. The van der Waals surface area contributed by atoms with Crippen molar-refractivity contribution < 1.29 is 23.0 Å². The van der Waals surface area contributed by atoms with Crippen molar-refractivity contribution in [3.05, 3.63) is 35.4 Å². The molecular weight excluding hydrogens is 592 g/mol. The smallest absolute Gasteiger partial charge is 0.319 e. The van der Waals surface area contributed by atoms with Gasteiger partial charge >= 0.3 is 12.0 Å². The van der Waals surface area contributed by atoms with E-state index in [1.165, 1.54) is 0 Å². The first kappa shape index (κ1) is 29.5. The summed E-state index contributed by atoms with van der Waals surface area (Å²) in [6.45, 7) is 4.59. The van der Waals surface area contributed by atoms with Crippen molar-refractivity contribution in [3.63, 3.8) is 0 Å². The molecule has 5 aliphatic rings. The van der Waals surface area contributed by atoms with Gasteiger partial charge < -0.3 is 14.4 Å². The van der Waals surface area contributed by atoms with Crippen LogP contribution in [0.3, 0.4) is 0 Å². The number of pyridine rings is 1. The molecule has 0 radical (unpaired) electrons. The lowest BCUT2D eigenvalue weighted by Gasteiger charge is -2.34. The number of aromatic nitrogens is 5. The molecule has 0 amide bonds. The van der Waals surface area contributed by atoms with Gasteiger partial charge in [-0.1, -0.05) is 6.42 Å². The number of carbonyl (C=O) groups is 1. The normalized spacial score (nSPS) is 25.6. The molecule has 8 heterocycles. The van der Waals surface area contributed by atoms with Gasteiger partial charge in [0.2, 0.25) is 0 Å². The molecule has 0 saturated carbocycles. The molecule has 3 fully saturated rings. The summed E-state index contributed by atoms with van der Waals surface area (Å²) in [6, 6.07) is 2.09. The lowest BCUT2D eigenvalue weighted by molar-refractivity contribution is -0.149. The highest BCUT2D eigenvalue weighted by atomic mass is 19.1. The fraction of sp³-hybridized carbons (Fsp3) is 0.559. The Balaban J connectivity index is 1.28. The fourth-order valence-corrected chi connectivity index (χ4v) is 8.23. The third-order valence-corrected chi connectivity index (χ3v) is 10.5. The summed E-state index contributed by atoms with van der Waals surface area (Å²) < 4.78 is 43.8. The van der Waals surface area contributed by atoms with Gasteiger partial charge in [-0.25, -0.2) is 8.78 Å². The first-order valence-corrected chi connectivity index (χ1v) is 16.7. The number of hydrogen-bond acceptors (Lipinski definition) is 9. The summed E-state index contributed by atoms with van der Waals surface area (Å²) in [6.07, 6.45) is 9.43. The number of benzene rings is 1. The van der Waals surface area contributed by atoms with Crippen LogP contribution >= 0.6 is 0 Å². The number of hydrogen-bond donors (Lipinski definition) is 1. The molecule has 12 heteroatoms. The predicted molar refractivity (Wildman–Crippen MR) is 169 cm³/mol. The van der Waals surface area contributed by atoms with Crippen LogP contribution in [-0.4, -0.2) is 86.6 Å². The lowest BCUT2D eigenvalue weighted by atomic mass is 9.91. The van der Waals surface area contributed by atoms with E-state index in [0.717, 1.165) is 73.5 Å². The third kappa shape index (κ3) is 5.14. The Morgan fingerprint density at radius 3 is 2.89 bits per heavy atom. The minimum atomic E-state index is -0.893.